The number of halogens is 2. The summed E-state index contributed by atoms with van der Waals surface area (Å²) in [5.41, 5.74) is 0. The summed E-state index contributed by atoms with van der Waals surface area (Å²) >= 11 is 6.29. The highest BCUT2D eigenvalue weighted by molar-refractivity contribution is 14.0. The maximum Gasteiger partial charge on any atom is 0.191 e. The second-order valence-electron chi connectivity index (χ2n) is 7.93. The molecule has 28 heavy (non-hydrogen) atoms. The summed E-state index contributed by atoms with van der Waals surface area (Å²) in [5.74, 6) is 2.56. The summed E-state index contributed by atoms with van der Waals surface area (Å²) < 4.78 is 0. The lowest BCUT2D eigenvalue weighted by molar-refractivity contribution is 0.139. The van der Waals surface area contributed by atoms with Crippen molar-refractivity contribution >= 4 is 47.4 Å². The van der Waals surface area contributed by atoms with E-state index in [0.29, 0.717) is 17.1 Å². The molecule has 2 saturated heterocycles. The molecule has 0 spiro atoms. The summed E-state index contributed by atoms with van der Waals surface area (Å²) in [4.78, 5) is 13.7. The Balaban J connectivity index is 0.00000280. The van der Waals surface area contributed by atoms with Crippen molar-refractivity contribution in [2.24, 2.45) is 10.9 Å². The van der Waals surface area contributed by atoms with E-state index in [-0.39, 0.29) is 24.0 Å². The molecule has 0 aliphatic carbocycles. The first-order valence-electron chi connectivity index (χ1n) is 10.1. The summed E-state index contributed by atoms with van der Waals surface area (Å²) in [5, 5.41) is 7.78. The molecule has 0 aromatic carbocycles. The van der Waals surface area contributed by atoms with Crippen LogP contribution in [0.1, 0.15) is 33.1 Å². The minimum atomic E-state index is 0. The van der Waals surface area contributed by atoms with Crippen molar-refractivity contribution in [3.63, 3.8) is 0 Å². The van der Waals surface area contributed by atoms with Gasteiger partial charge in [0.1, 0.15) is 5.82 Å². The molecule has 8 heteroatoms. The number of piperidine rings is 1. The van der Waals surface area contributed by atoms with Crippen LogP contribution >= 0.6 is 35.6 Å². The van der Waals surface area contributed by atoms with Gasteiger partial charge in [-0.1, -0.05) is 18.5 Å². The average Bonchev–Trinajstić information content (AvgIpc) is 3.13. The first-order chi connectivity index (χ1) is 13.1. The first kappa shape index (κ1) is 23.5. The quantitative estimate of drug-likeness (QED) is 0.355. The second kappa shape index (κ2) is 11.4. The number of nitrogens with zero attached hydrogens (tertiary/aromatic N) is 4. The van der Waals surface area contributed by atoms with Gasteiger partial charge in [0.15, 0.2) is 5.96 Å². The summed E-state index contributed by atoms with van der Waals surface area (Å²) in [7, 11) is 1.84. The van der Waals surface area contributed by atoms with Gasteiger partial charge in [0.2, 0.25) is 0 Å². The van der Waals surface area contributed by atoms with Gasteiger partial charge in [0, 0.05) is 51.5 Å². The number of aromatic nitrogens is 1. The molecule has 1 aromatic heterocycles. The van der Waals surface area contributed by atoms with Crippen LogP contribution in [0.25, 0.3) is 0 Å². The largest absolute Gasteiger partial charge is 0.355 e. The smallest absolute Gasteiger partial charge is 0.191 e. The number of rotatable bonds is 5. The molecule has 0 saturated carbocycles. The molecule has 2 fully saturated rings. The number of hydrogen-bond acceptors (Lipinski definition) is 4. The Kier molecular flexibility index (Phi) is 9.56. The number of nitrogens with one attached hydrogen (secondary N) is 2. The van der Waals surface area contributed by atoms with E-state index < -0.39 is 0 Å². The Hall–Kier alpha value is -0.800. The van der Waals surface area contributed by atoms with Gasteiger partial charge >= 0.3 is 0 Å². The molecule has 158 valence electrons. The van der Waals surface area contributed by atoms with Crippen LogP contribution in [0.3, 0.4) is 0 Å². The first-order valence-corrected chi connectivity index (χ1v) is 10.5. The minimum absolute atomic E-state index is 0. The van der Waals surface area contributed by atoms with E-state index in [1.807, 2.05) is 19.2 Å². The maximum absolute atomic E-state index is 6.29. The van der Waals surface area contributed by atoms with Gasteiger partial charge in [-0.3, -0.25) is 9.89 Å². The predicted octanol–water partition coefficient (Wildman–Crippen LogP) is 3.22. The Morgan fingerprint density at radius 1 is 1.36 bits per heavy atom. The van der Waals surface area contributed by atoms with Gasteiger partial charge in [-0.05, 0) is 50.8 Å². The second-order valence-corrected chi connectivity index (χ2v) is 8.34. The molecule has 6 nitrogen and oxygen atoms in total. The lowest BCUT2D eigenvalue weighted by Gasteiger charge is -2.35. The van der Waals surface area contributed by atoms with Crippen LogP contribution in [0.4, 0.5) is 5.82 Å². The van der Waals surface area contributed by atoms with Crippen LogP contribution in [0.2, 0.25) is 5.02 Å². The van der Waals surface area contributed by atoms with E-state index in [2.05, 4.69) is 44.3 Å². The summed E-state index contributed by atoms with van der Waals surface area (Å²) in [6, 6.07) is 4.63. The molecule has 2 aliphatic heterocycles. The van der Waals surface area contributed by atoms with E-state index in [9.17, 15) is 0 Å². The molecule has 3 unspecified atom stereocenters. The van der Waals surface area contributed by atoms with Crippen molar-refractivity contribution in [3.8, 4) is 0 Å². The van der Waals surface area contributed by atoms with Crippen molar-refractivity contribution in [2.45, 2.75) is 45.2 Å². The highest BCUT2D eigenvalue weighted by atomic mass is 127. The molecule has 3 heterocycles. The van der Waals surface area contributed by atoms with Gasteiger partial charge in [-0.25, -0.2) is 4.98 Å². The van der Waals surface area contributed by atoms with Crippen LogP contribution in [0.5, 0.6) is 0 Å². The van der Waals surface area contributed by atoms with Crippen molar-refractivity contribution in [1.29, 1.82) is 0 Å². The van der Waals surface area contributed by atoms with Gasteiger partial charge in [-0.2, -0.15) is 0 Å². The standard InChI is InChI=1S/C20H33ClN6.HI/c1-15-6-5-10-26(13-15)16(2)12-24-20(22-3)25-17-8-11-27(14-17)19-18(21)7-4-9-23-19;/h4,7,9,15-17H,5-6,8,10-14H2,1-3H3,(H2,22,24,25);1H. The monoisotopic (exact) mass is 520 g/mol. The van der Waals surface area contributed by atoms with Gasteiger partial charge in [0.25, 0.3) is 0 Å². The molecule has 2 N–H and O–H groups in total. The zero-order valence-corrected chi connectivity index (χ0v) is 20.3. The van der Waals surface area contributed by atoms with Gasteiger partial charge in [-0.15, -0.1) is 24.0 Å². The molecular formula is C20H34ClIN6. The Morgan fingerprint density at radius 2 is 2.18 bits per heavy atom. The lowest BCUT2D eigenvalue weighted by atomic mass is 9.99. The predicted molar refractivity (Wildman–Crippen MR) is 129 cm³/mol. The number of anilines is 1. The highest BCUT2D eigenvalue weighted by Crippen LogP contribution is 2.25. The number of hydrogen-bond donors (Lipinski definition) is 2. The number of pyridine rings is 1. The van der Waals surface area contributed by atoms with Crippen LogP contribution in [-0.2, 0) is 0 Å². The fourth-order valence-corrected chi connectivity index (χ4v) is 4.31. The van der Waals surface area contributed by atoms with Crippen LogP contribution < -0.4 is 15.5 Å². The Labute approximate surface area is 191 Å². The average molecular weight is 521 g/mol. The third kappa shape index (κ3) is 6.35. The number of aliphatic imine (C=N–C) groups is 1. The molecule has 0 radical (unpaired) electrons. The van der Waals surface area contributed by atoms with Crippen molar-refractivity contribution in [2.75, 3.05) is 44.7 Å². The fourth-order valence-electron chi connectivity index (χ4n) is 4.07. The van der Waals surface area contributed by atoms with Crippen molar-refractivity contribution in [1.82, 2.24) is 20.5 Å². The minimum Gasteiger partial charge on any atom is -0.355 e. The van der Waals surface area contributed by atoms with E-state index >= 15 is 0 Å². The fraction of sp³-hybridized carbons (Fsp3) is 0.700. The molecular weight excluding hydrogens is 487 g/mol. The summed E-state index contributed by atoms with van der Waals surface area (Å²) in [6.07, 6.45) is 5.52. The van der Waals surface area contributed by atoms with E-state index in [1.165, 1.54) is 25.9 Å². The number of guanidine groups is 1. The zero-order valence-electron chi connectivity index (χ0n) is 17.2. The van der Waals surface area contributed by atoms with E-state index in [4.69, 9.17) is 11.6 Å². The molecule has 3 rings (SSSR count). The molecule has 1 aromatic rings. The SMILES string of the molecule is CN=C(NCC(C)N1CCCC(C)C1)NC1CCN(c2ncccc2Cl)C1.I. The third-order valence-corrected chi connectivity index (χ3v) is 5.96. The lowest BCUT2D eigenvalue weighted by Crippen LogP contribution is -2.50. The van der Waals surface area contributed by atoms with Crippen LogP contribution in [0.15, 0.2) is 23.3 Å². The van der Waals surface area contributed by atoms with Gasteiger partial charge in [0.05, 0.1) is 5.02 Å². The van der Waals surface area contributed by atoms with Crippen molar-refractivity contribution in [3.05, 3.63) is 23.4 Å². The summed E-state index contributed by atoms with van der Waals surface area (Å²) in [6.45, 7) is 9.82. The number of likely N-dealkylation sites (tertiary alicyclic amines) is 1. The highest BCUT2D eigenvalue weighted by Gasteiger charge is 2.26. The third-order valence-electron chi connectivity index (χ3n) is 5.67. The Bertz CT molecular complexity index is 643. The van der Waals surface area contributed by atoms with E-state index in [1.54, 1.807) is 6.20 Å². The van der Waals surface area contributed by atoms with Crippen LogP contribution in [-0.4, -0.2) is 67.7 Å². The molecule has 2 aliphatic rings. The van der Waals surface area contributed by atoms with Gasteiger partial charge < -0.3 is 15.5 Å². The van der Waals surface area contributed by atoms with E-state index in [0.717, 1.165) is 43.8 Å². The molecule has 3 atom stereocenters. The normalized spacial score (nSPS) is 24.6. The zero-order chi connectivity index (χ0) is 19.2. The maximum atomic E-state index is 6.29. The van der Waals surface area contributed by atoms with Crippen LogP contribution in [0, 0.1) is 5.92 Å². The topological polar surface area (TPSA) is 55.8 Å². The van der Waals surface area contributed by atoms with Crippen molar-refractivity contribution < 1.29 is 0 Å². The Morgan fingerprint density at radius 3 is 2.89 bits per heavy atom. The molecule has 0 amide bonds. The molecule has 0 bridgehead atoms.